The molecule has 2 aromatic carbocycles. The van der Waals surface area contributed by atoms with E-state index in [1.165, 1.54) is 0 Å². The molecule has 0 fully saturated rings. The third-order valence-corrected chi connectivity index (χ3v) is 3.83. The Kier molecular flexibility index (Phi) is 4.65. The number of aromatic nitrogens is 2. The second kappa shape index (κ2) is 7.04. The average molecular weight is 325 g/mol. The van der Waals surface area contributed by atoms with Gasteiger partial charge >= 0.3 is 0 Å². The van der Waals surface area contributed by atoms with E-state index in [4.69, 9.17) is 9.47 Å². The highest BCUT2D eigenvalue weighted by atomic mass is 16.5. The van der Waals surface area contributed by atoms with Crippen LogP contribution >= 0.6 is 0 Å². The van der Waals surface area contributed by atoms with Crippen molar-refractivity contribution in [2.24, 2.45) is 0 Å². The molecule has 1 heterocycles. The number of carbonyl (C=O) groups excluding carboxylic acids is 1. The molecule has 0 aliphatic heterocycles. The minimum atomic E-state index is -0.105. The van der Waals surface area contributed by atoms with Crippen LogP contribution in [0.25, 0.3) is 11.0 Å². The number of hydrogen-bond acceptors (Lipinski definition) is 4. The zero-order valence-electron chi connectivity index (χ0n) is 13.6. The average Bonchev–Trinajstić information content (AvgIpc) is 3.09. The molecule has 0 radical (unpaired) electrons. The van der Waals surface area contributed by atoms with Crippen LogP contribution in [0.4, 0.5) is 0 Å². The molecule has 0 aliphatic rings. The van der Waals surface area contributed by atoms with Crippen molar-refractivity contribution in [1.82, 2.24) is 15.3 Å². The number of amides is 1. The lowest BCUT2D eigenvalue weighted by Gasteiger charge is -2.10. The second-order valence-corrected chi connectivity index (χ2v) is 5.33. The van der Waals surface area contributed by atoms with Gasteiger partial charge in [0.05, 0.1) is 31.6 Å². The Labute approximate surface area is 139 Å². The van der Waals surface area contributed by atoms with Crippen LogP contribution in [-0.4, -0.2) is 36.6 Å². The van der Waals surface area contributed by atoms with Gasteiger partial charge in [0.1, 0.15) is 0 Å². The van der Waals surface area contributed by atoms with Crippen LogP contribution in [0.5, 0.6) is 11.5 Å². The number of carbonyl (C=O) groups is 1. The number of methoxy groups -OCH3 is 2. The molecule has 124 valence electrons. The summed E-state index contributed by atoms with van der Waals surface area (Å²) in [5, 5.41) is 2.93. The number of H-pyrrole nitrogens is 1. The summed E-state index contributed by atoms with van der Waals surface area (Å²) in [7, 11) is 3.21. The van der Waals surface area contributed by atoms with Crippen LogP contribution in [0.15, 0.2) is 42.7 Å². The van der Waals surface area contributed by atoms with Gasteiger partial charge in [0.2, 0.25) is 0 Å². The van der Waals surface area contributed by atoms with E-state index in [2.05, 4.69) is 15.3 Å². The molecule has 0 atom stereocenters. The van der Waals surface area contributed by atoms with Crippen LogP contribution < -0.4 is 14.8 Å². The maximum Gasteiger partial charge on any atom is 0.251 e. The molecule has 1 amide bonds. The van der Waals surface area contributed by atoms with Crippen molar-refractivity contribution in [2.45, 2.75) is 6.42 Å². The summed E-state index contributed by atoms with van der Waals surface area (Å²) in [5.74, 6) is 1.27. The molecule has 6 heteroatoms. The zero-order chi connectivity index (χ0) is 16.9. The first-order chi connectivity index (χ1) is 11.7. The van der Waals surface area contributed by atoms with Gasteiger partial charge in [0.15, 0.2) is 11.5 Å². The molecule has 0 saturated carbocycles. The summed E-state index contributed by atoms with van der Waals surface area (Å²) in [6, 6.07) is 11.1. The van der Waals surface area contributed by atoms with Crippen molar-refractivity contribution >= 4 is 16.9 Å². The number of imidazole rings is 1. The van der Waals surface area contributed by atoms with Gasteiger partial charge < -0.3 is 19.8 Å². The van der Waals surface area contributed by atoms with Crippen molar-refractivity contribution in [3.05, 3.63) is 53.9 Å². The normalized spacial score (nSPS) is 10.6. The standard InChI is InChI=1S/C18H19N3O3/c1-23-16-6-3-12(9-17(16)24-2)7-8-19-18(22)13-4-5-14-15(10-13)21-11-20-14/h3-6,9-11H,7-8H2,1-2H3,(H,19,22)(H,20,21). The number of nitrogens with zero attached hydrogens (tertiary/aromatic N) is 1. The fraction of sp³-hybridized carbons (Fsp3) is 0.222. The number of hydrogen-bond donors (Lipinski definition) is 2. The molecular formula is C18H19N3O3. The van der Waals surface area contributed by atoms with Crippen LogP contribution in [0, 0.1) is 0 Å². The lowest BCUT2D eigenvalue weighted by Crippen LogP contribution is -2.25. The van der Waals surface area contributed by atoms with Gasteiger partial charge in [-0.1, -0.05) is 6.07 Å². The Morgan fingerprint density at radius 3 is 2.75 bits per heavy atom. The highest BCUT2D eigenvalue weighted by Crippen LogP contribution is 2.27. The van der Waals surface area contributed by atoms with Crippen LogP contribution in [0.2, 0.25) is 0 Å². The van der Waals surface area contributed by atoms with Crippen LogP contribution in [0.3, 0.4) is 0 Å². The molecule has 2 N–H and O–H groups in total. The largest absolute Gasteiger partial charge is 0.493 e. The third kappa shape index (κ3) is 3.32. The highest BCUT2D eigenvalue weighted by Gasteiger charge is 2.08. The number of fused-ring (bicyclic) bond motifs is 1. The van der Waals surface area contributed by atoms with Crippen molar-refractivity contribution in [2.75, 3.05) is 20.8 Å². The topological polar surface area (TPSA) is 76.2 Å². The van der Waals surface area contributed by atoms with Gasteiger partial charge in [0.25, 0.3) is 5.91 Å². The molecular weight excluding hydrogens is 306 g/mol. The molecule has 3 rings (SSSR count). The molecule has 0 unspecified atom stereocenters. The summed E-state index contributed by atoms with van der Waals surface area (Å²) in [6.07, 6.45) is 2.32. The molecule has 0 saturated heterocycles. The maximum atomic E-state index is 12.2. The molecule has 3 aromatic rings. The quantitative estimate of drug-likeness (QED) is 0.730. The summed E-state index contributed by atoms with van der Waals surface area (Å²) < 4.78 is 10.5. The zero-order valence-corrected chi connectivity index (χ0v) is 13.6. The minimum absolute atomic E-state index is 0.105. The summed E-state index contributed by atoms with van der Waals surface area (Å²) in [6.45, 7) is 0.537. The molecule has 1 aromatic heterocycles. The summed E-state index contributed by atoms with van der Waals surface area (Å²) in [4.78, 5) is 19.4. The number of ether oxygens (including phenoxy) is 2. The number of rotatable bonds is 6. The van der Waals surface area contributed by atoms with E-state index in [9.17, 15) is 4.79 Å². The second-order valence-electron chi connectivity index (χ2n) is 5.33. The van der Waals surface area contributed by atoms with E-state index in [1.54, 1.807) is 32.7 Å². The maximum absolute atomic E-state index is 12.2. The van der Waals surface area contributed by atoms with E-state index in [0.29, 0.717) is 30.0 Å². The first-order valence-electron chi connectivity index (χ1n) is 7.63. The van der Waals surface area contributed by atoms with E-state index < -0.39 is 0 Å². The Morgan fingerprint density at radius 1 is 1.12 bits per heavy atom. The Bertz CT molecular complexity index is 858. The van der Waals surface area contributed by atoms with Crippen LogP contribution in [-0.2, 0) is 6.42 Å². The molecule has 6 nitrogen and oxygen atoms in total. The lowest BCUT2D eigenvalue weighted by atomic mass is 10.1. The third-order valence-electron chi connectivity index (χ3n) is 3.83. The van der Waals surface area contributed by atoms with E-state index in [0.717, 1.165) is 16.6 Å². The number of benzene rings is 2. The predicted molar refractivity (Wildman–Crippen MR) is 91.7 cm³/mol. The number of nitrogens with one attached hydrogen (secondary N) is 2. The van der Waals surface area contributed by atoms with Gasteiger partial charge in [-0.05, 0) is 42.3 Å². The molecule has 0 bridgehead atoms. The monoisotopic (exact) mass is 325 g/mol. The van der Waals surface area contributed by atoms with Crippen molar-refractivity contribution in [3.63, 3.8) is 0 Å². The Morgan fingerprint density at radius 2 is 1.96 bits per heavy atom. The first-order valence-corrected chi connectivity index (χ1v) is 7.63. The predicted octanol–water partition coefficient (Wildman–Crippen LogP) is 2.55. The first kappa shape index (κ1) is 15.9. The van der Waals surface area contributed by atoms with E-state index in [1.807, 2.05) is 24.3 Å². The number of aromatic amines is 1. The van der Waals surface area contributed by atoms with Gasteiger partial charge in [-0.25, -0.2) is 4.98 Å². The minimum Gasteiger partial charge on any atom is -0.493 e. The van der Waals surface area contributed by atoms with Gasteiger partial charge in [-0.2, -0.15) is 0 Å². The fourth-order valence-corrected chi connectivity index (χ4v) is 2.54. The molecule has 0 spiro atoms. The van der Waals surface area contributed by atoms with Crippen LogP contribution in [0.1, 0.15) is 15.9 Å². The van der Waals surface area contributed by atoms with Gasteiger partial charge in [-0.3, -0.25) is 4.79 Å². The summed E-state index contributed by atoms with van der Waals surface area (Å²) in [5.41, 5.74) is 3.37. The Hall–Kier alpha value is -3.02. The Balaban J connectivity index is 1.60. The van der Waals surface area contributed by atoms with E-state index >= 15 is 0 Å². The van der Waals surface area contributed by atoms with Crippen molar-refractivity contribution in [3.8, 4) is 11.5 Å². The van der Waals surface area contributed by atoms with Gasteiger partial charge in [-0.15, -0.1) is 0 Å². The van der Waals surface area contributed by atoms with E-state index in [-0.39, 0.29) is 5.91 Å². The highest BCUT2D eigenvalue weighted by molar-refractivity contribution is 5.97. The molecule has 24 heavy (non-hydrogen) atoms. The SMILES string of the molecule is COc1ccc(CCNC(=O)c2ccc3nc[nH]c3c2)cc1OC. The van der Waals surface area contributed by atoms with Crippen molar-refractivity contribution < 1.29 is 14.3 Å². The summed E-state index contributed by atoms with van der Waals surface area (Å²) >= 11 is 0. The molecule has 0 aliphatic carbocycles. The van der Waals surface area contributed by atoms with Crippen molar-refractivity contribution in [1.29, 1.82) is 0 Å². The fourth-order valence-electron chi connectivity index (χ4n) is 2.54. The lowest BCUT2D eigenvalue weighted by molar-refractivity contribution is 0.0954. The smallest absolute Gasteiger partial charge is 0.251 e. The van der Waals surface area contributed by atoms with Gasteiger partial charge in [0, 0.05) is 12.1 Å².